The molecule has 0 unspecified atom stereocenters. The monoisotopic (exact) mass is 912 g/mol. The summed E-state index contributed by atoms with van der Waals surface area (Å²) >= 11 is 0. The number of para-hydroxylation sites is 2. The predicted molar refractivity (Wildman–Crippen MR) is 302 cm³/mol. The number of nitrogens with zero attached hydrogens (tertiary/aromatic N) is 4. The molecule has 4 nitrogen and oxygen atoms in total. The average Bonchev–Trinajstić information content (AvgIpc) is 3.45. The zero-order valence-corrected chi connectivity index (χ0v) is 38.9. The summed E-state index contributed by atoms with van der Waals surface area (Å²) in [5.41, 5.74) is 12.2. The number of pyridine rings is 4. The van der Waals surface area contributed by atoms with Crippen LogP contribution in [-0.4, -0.2) is 19.9 Å². The molecule has 0 saturated carbocycles. The van der Waals surface area contributed by atoms with Gasteiger partial charge in [0.1, 0.15) is 0 Å². The molecule has 0 aliphatic rings. The first-order chi connectivity index (χ1) is 35.7. The van der Waals surface area contributed by atoms with Crippen LogP contribution in [0, 0.1) is 0 Å². The Kier molecular flexibility index (Phi) is 8.92. The molecule has 0 amide bonds. The highest BCUT2D eigenvalue weighted by molar-refractivity contribution is 6.25. The molecule has 0 radical (unpaired) electrons. The molecule has 0 spiro atoms. The van der Waals surface area contributed by atoms with Gasteiger partial charge in [0.15, 0.2) is 0 Å². The Bertz CT molecular complexity index is 4740. The van der Waals surface area contributed by atoms with Crippen LogP contribution in [0.5, 0.6) is 0 Å². The molecule has 0 aliphatic carbocycles. The van der Waals surface area contributed by atoms with Gasteiger partial charge in [-0.3, -0.25) is 9.97 Å². The Morgan fingerprint density at radius 2 is 0.667 bits per heavy atom. The van der Waals surface area contributed by atoms with E-state index in [-0.39, 0.29) is 0 Å². The Morgan fingerprint density at radius 3 is 1.32 bits per heavy atom. The summed E-state index contributed by atoms with van der Waals surface area (Å²) in [4.78, 5) is 21.3. The highest BCUT2D eigenvalue weighted by atomic mass is 14.8. The fourth-order valence-electron chi connectivity index (χ4n) is 11.6. The molecule has 0 aliphatic heterocycles. The van der Waals surface area contributed by atoms with Crippen molar-refractivity contribution in [2.24, 2.45) is 0 Å². The molecule has 11 aromatic carbocycles. The smallest absolute Gasteiger partial charge is 0.0978 e. The van der Waals surface area contributed by atoms with E-state index in [1.54, 1.807) is 0 Å². The van der Waals surface area contributed by atoms with Gasteiger partial charge in [-0.1, -0.05) is 200 Å². The van der Waals surface area contributed by atoms with E-state index >= 15 is 0 Å². The van der Waals surface area contributed by atoms with Gasteiger partial charge in [0, 0.05) is 66.6 Å². The molecule has 0 atom stereocenters. The van der Waals surface area contributed by atoms with Gasteiger partial charge in [-0.15, -0.1) is 0 Å². The van der Waals surface area contributed by atoms with Crippen molar-refractivity contribution in [3.8, 4) is 56.2 Å². The first-order valence-corrected chi connectivity index (χ1v) is 24.5. The fourth-order valence-corrected chi connectivity index (χ4v) is 11.6. The van der Waals surface area contributed by atoms with Crippen molar-refractivity contribution in [2.45, 2.75) is 0 Å². The second-order valence-corrected chi connectivity index (χ2v) is 18.8. The van der Waals surface area contributed by atoms with E-state index in [1.165, 1.54) is 37.7 Å². The van der Waals surface area contributed by atoms with Crippen molar-refractivity contribution in [1.82, 2.24) is 19.9 Å². The first-order valence-electron chi connectivity index (χ1n) is 24.5. The SMILES string of the molecule is c1ccc(-c2cnc(-c3nc4ccccc4c4c3ccc3cc(-c5cc(-c6cnc(-c7nc8ccccc8c8c7ccc7ccccc78)c7ccccc67)c6ccccc6c5)ccc34)c3ccccc23)cc1. The summed E-state index contributed by atoms with van der Waals surface area (Å²) in [6.07, 6.45) is 4.09. The maximum absolute atomic E-state index is 5.39. The van der Waals surface area contributed by atoms with Gasteiger partial charge in [-0.2, -0.15) is 0 Å². The van der Waals surface area contributed by atoms with Crippen LogP contribution in [0.3, 0.4) is 0 Å². The van der Waals surface area contributed by atoms with Crippen molar-refractivity contribution >= 4 is 97.2 Å². The summed E-state index contributed by atoms with van der Waals surface area (Å²) < 4.78 is 0. The number of hydrogen-bond donors (Lipinski definition) is 0. The highest BCUT2D eigenvalue weighted by Crippen LogP contribution is 2.45. The molecule has 15 aromatic rings. The lowest BCUT2D eigenvalue weighted by atomic mass is 9.89. The number of fused-ring (bicyclic) bond motifs is 13. The second-order valence-electron chi connectivity index (χ2n) is 18.8. The maximum atomic E-state index is 5.39. The number of benzene rings is 11. The van der Waals surface area contributed by atoms with Gasteiger partial charge in [-0.05, 0) is 95.7 Å². The van der Waals surface area contributed by atoms with Crippen LogP contribution < -0.4 is 0 Å². The molecular formula is C68H40N4. The summed E-state index contributed by atoms with van der Waals surface area (Å²) in [6.45, 7) is 0. The lowest BCUT2D eigenvalue weighted by Gasteiger charge is -2.17. The fraction of sp³-hybridized carbons (Fsp3) is 0. The molecule has 0 saturated heterocycles. The van der Waals surface area contributed by atoms with Crippen molar-refractivity contribution in [2.75, 3.05) is 0 Å². The Balaban J connectivity index is 0.901. The minimum absolute atomic E-state index is 0.877. The molecule has 72 heavy (non-hydrogen) atoms. The summed E-state index contributed by atoms with van der Waals surface area (Å²) in [5, 5.41) is 18.4. The lowest BCUT2D eigenvalue weighted by Crippen LogP contribution is -1.96. The van der Waals surface area contributed by atoms with Crippen molar-refractivity contribution in [1.29, 1.82) is 0 Å². The molecule has 4 aromatic heterocycles. The van der Waals surface area contributed by atoms with Gasteiger partial charge >= 0.3 is 0 Å². The molecule has 0 N–H and O–H groups in total. The molecule has 4 heterocycles. The van der Waals surface area contributed by atoms with Crippen LogP contribution in [0.15, 0.2) is 243 Å². The van der Waals surface area contributed by atoms with Crippen molar-refractivity contribution in [3.05, 3.63) is 243 Å². The van der Waals surface area contributed by atoms with E-state index < -0.39 is 0 Å². The number of hydrogen-bond acceptors (Lipinski definition) is 4. The minimum atomic E-state index is 0.877. The zero-order chi connectivity index (χ0) is 47.3. The molecule has 0 bridgehead atoms. The van der Waals surface area contributed by atoms with E-state index in [2.05, 4.69) is 237 Å². The van der Waals surface area contributed by atoms with Crippen molar-refractivity contribution in [3.63, 3.8) is 0 Å². The Labute approximate surface area is 414 Å². The van der Waals surface area contributed by atoms with E-state index in [0.717, 1.165) is 116 Å². The lowest BCUT2D eigenvalue weighted by molar-refractivity contribution is 1.31. The van der Waals surface area contributed by atoms with Crippen LogP contribution in [0.4, 0.5) is 0 Å². The van der Waals surface area contributed by atoms with Crippen LogP contribution in [0.1, 0.15) is 0 Å². The van der Waals surface area contributed by atoms with Crippen LogP contribution in [0.2, 0.25) is 0 Å². The van der Waals surface area contributed by atoms with E-state index in [9.17, 15) is 0 Å². The quantitative estimate of drug-likeness (QED) is 0.161. The predicted octanol–water partition coefficient (Wildman–Crippen LogP) is 18.0. The summed E-state index contributed by atoms with van der Waals surface area (Å²) in [5.74, 6) is 0. The third-order valence-electron chi connectivity index (χ3n) is 14.9. The number of rotatable bonds is 5. The van der Waals surface area contributed by atoms with Crippen molar-refractivity contribution < 1.29 is 0 Å². The zero-order valence-electron chi connectivity index (χ0n) is 38.9. The number of aromatic nitrogens is 4. The van der Waals surface area contributed by atoms with E-state index in [4.69, 9.17) is 19.9 Å². The molecule has 332 valence electrons. The van der Waals surface area contributed by atoms with Gasteiger partial charge in [0.05, 0.1) is 33.8 Å². The minimum Gasteiger partial charge on any atom is -0.253 e. The van der Waals surface area contributed by atoms with E-state index in [0.29, 0.717) is 0 Å². The van der Waals surface area contributed by atoms with Gasteiger partial charge in [-0.25, -0.2) is 9.97 Å². The molecule has 0 fully saturated rings. The van der Waals surface area contributed by atoms with Crippen LogP contribution in [0.25, 0.3) is 153 Å². The van der Waals surface area contributed by atoms with E-state index in [1.807, 2.05) is 6.20 Å². The largest absolute Gasteiger partial charge is 0.253 e. The molecule has 4 heteroatoms. The average molecular weight is 913 g/mol. The molecule has 15 rings (SSSR count). The van der Waals surface area contributed by atoms with Crippen LogP contribution in [-0.2, 0) is 0 Å². The van der Waals surface area contributed by atoms with Gasteiger partial charge in [0.2, 0.25) is 0 Å². The third kappa shape index (κ3) is 6.19. The normalized spacial score (nSPS) is 11.9. The topological polar surface area (TPSA) is 51.6 Å². The maximum Gasteiger partial charge on any atom is 0.0978 e. The summed E-state index contributed by atoms with van der Waals surface area (Å²) in [6, 6.07) is 82.7. The van der Waals surface area contributed by atoms with Gasteiger partial charge < -0.3 is 0 Å². The Hall–Kier alpha value is -9.64. The standard InChI is InChI=1S/C68H40N4/c1-2-16-41(17-3-1)59-39-69-65(52-24-10-8-22-50(52)59)68-57-35-32-45-36-43(31-33-49(45)64(57)55-27-13-15-29-62(55)72-68)46-37-44-19-5-6-20-47(44)58(38-46)60-40-70-66(53-25-11-9-23-51(53)60)67-56-34-30-42-18-4-7-21-48(42)63(56)54-26-12-14-28-61(54)71-67/h1-40H. The van der Waals surface area contributed by atoms with Gasteiger partial charge in [0.25, 0.3) is 0 Å². The third-order valence-corrected chi connectivity index (χ3v) is 14.9. The highest BCUT2D eigenvalue weighted by Gasteiger charge is 2.21. The Morgan fingerprint density at radius 1 is 0.222 bits per heavy atom. The second kappa shape index (κ2) is 16.0. The first kappa shape index (κ1) is 40.3. The summed E-state index contributed by atoms with van der Waals surface area (Å²) in [7, 11) is 0. The molecular weight excluding hydrogens is 873 g/mol. The van der Waals surface area contributed by atoms with Crippen LogP contribution >= 0.6 is 0 Å².